The Bertz CT molecular complexity index is 723. The minimum atomic E-state index is 0.0419. The predicted molar refractivity (Wildman–Crippen MR) is 103 cm³/mol. The smallest absolute Gasteiger partial charge is 0.234 e. The first-order valence-corrected chi connectivity index (χ1v) is 9.46. The van der Waals surface area contributed by atoms with Crippen LogP contribution in [-0.2, 0) is 4.79 Å². The lowest BCUT2D eigenvalue weighted by molar-refractivity contribution is -0.113. The van der Waals surface area contributed by atoms with E-state index in [0.717, 1.165) is 29.2 Å². The molecule has 2 aromatic carbocycles. The first-order valence-electron chi connectivity index (χ1n) is 8.47. The van der Waals surface area contributed by atoms with Crippen molar-refractivity contribution in [1.29, 1.82) is 0 Å². The molecule has 2 aromatic rings. The SMILES string of the molecule is Cc1cc(N2CCCC2)ccc1NC(=O)CSc1ccccc1C. The molecular formula is C20H24N2OS. The van der Waals surface area contributed by atoms with Crippen molar-refractivity contribution < 1.29 is 4.79 Å². The number of amides is 1. The average molecular weight is 340 g/mol. The molecule has 1 aliphatic heterocycles. The van der Waals surface area contributed by atoms with Gasteiger partial charge in [-0.25, -0.2) is 0 Å². The molecule has 3 rings (SSSR count). The first kappa shape index (κ1) is 16.9. The van der Waals surface area contributed by atoms with Gasteiger partial charge in [-0.05, 0) is 62.1 Å². The van der Waals surface area contributed by atoms with E-state index in [1.54, 1.807) is 11.8 Å². The van der Waals surface area contributed by atoms with Crippen LogP contribution in [0.5, 0.6) is 0 Å². The number of nitrogens with one attached hydrogen (secondary N) is 1. The molecule has 24 heavy (non-hydrogen) atoms. The lowest BCUT2D eigenvalue weighted by atomic mass is 10.1. The Hall–Kier alpha value is -1.94. The summed E-state index contributed by atoms with van der Waals surface area (Å²) in [6.07, 6.45) is 2.54. The molecule has 0 unspecified atom stereocenters. The largest absolute Gasteiger partial charge is 0.372 e. The number of nitrogens with zero attached hydrogens (tertiary/aromatic N) is 1. The van der Waals surface area contributed by atoms with Crippen molar-refractivity contribution >= 4 is 29.0 Å². The Balaban J connectivity index is 1.59. The van der Waals surface area contributed by atoms with Crippen LogP contribution in [0.1, 0.15) is 24.0 Å². The van der Waals surface area contributed by atoms with Crippen LogP contribution < -0.4 is 10.2 Å². The molecule has 3 nitrogen and oxygen atoms in total. The van der Waals surface area contributed by atoms with Crippen molar-refractivity contribution in [3.8, 4) is 0 Å². The molecule has 1 heterocycles. The van der Waals surface area contributed by atoms with Gasteiger partial charge in [-0.2, -0.15) is 0 Å². The molecule has 0 spiro atoms. The molecule has 126 valence electrons. The number of anilines is 2. The maximum Gasteiger partial charge on any atom is 0.234 e. The molecule has 0 aliphatic carbocycles. The summed E-state index contributed by atoms with van der Waals surface area (Å²) < 4.78 is 0. The quantitative estimate of drug-likeness (QED) is 0.805. The standard InChI is InChI=1S/C20H24N2OS/c1-15-7-3-4-8-19(15)24-14-20(23)21-18-10-9-17(13-16(18)2)22-11-5-6-12-22/h3-4,7-10,13H,5-6,11-12,14H2,1-2H3,(H,21,23). The number of aryl methyl sites for hydroxylation is 2. The number of carbonyl (C=O) groups excluding carboxylic acids is 1. The molecule has 0 bridgehead atoms. The maximum atomic E-state index is 12.2. The second kappa shape index (κ2) is 7.75. The summed E-state index contributed by atoms with van der Waals surface area (Å²) in [7, 11) is 0. The highest BCUT2D eigenvalue weighted by Gasteiger charge is 2.13. The summed E-state index contributed by atoms with van der Waals surface area (Å²) in [5, 5.41) is 3.04. The number of hydrogen-bond donors (Lipinski definition) is 1. The van der Waals surface area contributed by atoms with E-state index < -0.39 is 0 Å². The van der Waals surface area contributed by atoms with E-state index in [9.17, 15) is 4.79 Å². The van der Waals surface area contributed by atoms with Gasteiger partial charge in [0, 0.05) is 29.4 Å². The van der Waals surface area contributed by atoms with E-state index in [4.69, 9.17) is 0 Å². The zero-order valence-electron chi connectivity index (χ0n) is 14.3. The molecule has 1 fully saturated rings. The zero-order chi connectivity index (χ0) is 16.9. The average Bonchev–Trinajstić information content (AvgIpc) is 3.10. The predicted octanol–water partition coefficient (Wildman–Crippen LogP) is 4.63. The van der Waals surface area contributed by atoms with Crippen molar-refractivity contribution in [2.45, 2.75) is 31.6 Å². The van der Waals surface area contributed by atoms with Crippen LogP contribution in [0.25, 0.3) is 0 Å². The minimum Gasteiger partial charge on any atom is -0.372 e. The van der Waals surface area contributed by atoms with Crippen LogP contribution in [0.4, 0.5) is 11.4 Å². The van der Waals surface area contributed by atoms with Crippen LogP contribution in [0.2, 0.25) is 0 Å². The summed E-state index contributed by atoms with van der Waals surface area (Å²) in [6, 6.07) is 14.5. The maximum absolute atomic E-state index is 12.2. The summed E-state index contributed by atoms with van der Waals surface area (Å²) in [5.74, 6) is 0.471. The van der Waals surface area contributed by atoms with Gasteiger partial charge in [-0.3, -0.25) is 4.79 Å². The third-order valence-corrected chi connectivity index (χ3v) is 5.58. The second-order valence-corrected chi connectivity index (χ2v) is 7.31. The Morgan fingerprint density at radius 1 is 1.08 bits per heavy atom. The highest BCUT2D eigenvalue weighted by Crippen LogP contribution is 2.26. The van der Waals surface area contributed by atoms with Crippen LogP contribution in [0.15, 0.2) is 47.4 Å². The summed E-state index contributed by atoms with van der Waals surface area (Å²) in [4.78, 5) is 15.8. The Morgan fingerprint density at radius 3 is 2.54 bits per heavy atom. The van der Waals surface area contributed by atoms with Gasteiger partial charge in [0.1, 0.15) is 0 Å². The van der Waals surface area contributed by atoms with Gasteiger partial charge in [-0.1, -0.05) is 18.2 Å². The van der Waals surface area contributed by atoms with E-state index in [2.05, 4.69) is 48.3 Å². The fourth-order valence-electron chi connectivity index (χ4n) is 3.01. The molecular weight excluding hydrogens is 316 g/mol. The van der Waals surface area contributed by atoms with Gasteiger partial charge in [0.25, 0.3) is 0 Å². The topological polar surface area (TPSA) is 32.3 Å². The zero-order valence-corrected chi connectivity index (χ0v) is 15.2. The van der Waals surface area contributed by atoms with Crippen LogP contribution >= 0.6 is 11.8 Å². The van der Waals surface area contributed by atoms with Crippen LogP contribution in [0.3, 0.4) is 0 Å². The molecule has 0 radical (unpaired) electrons. The van der Waals surface area contributed by atoms with Crippen molar-refractivity contribution in [2.24, 2.45) is 0 Å². The van der Waals surface area contributed by atoms with Crippen LogP contribution in [-0.4, -0.2) is 24.7 Å². The summed E-state index contributed by atoms with van der Waals surface area (Å²) >= 11 is 1.58. The van der Waals surface area contributed by atoms with Crippen molar-refractivity contribution in [2.75, 3.05) is 29.1 Å². The Morgan fingerprint density at radius 2 is 1.83 bits per heavy atom. The molecule has 1 aliphatic rings. The molecule has 4 heteroatoms. The van der Waals surface area contributed by atoms with Gasteiger partial charge in [0.05, 0.1) is 5.75 Å². The third kappa shape index (κ3) is 4.12. The number of carbonyl (C=O) groups is 1. The van der Waals surface area contributed by atoms with Gasteiger partial charge >= 0.3 is 0 Å². The normalized spacial score (nSPS) is 14.0. The lowest BCUT2D eigenvalue weighted by Crippen LogP contribution is -2.18. The van der Waals surface area contributed by atoms with Gasteiger partial charge < -0.3 is 10.2 Å². The Labute approximate surface area is 148 Å². The van der Waals surface area contributed by atoms with E-state index in [1.807, 2.05) is 18.2 Å². The fraction of sp³-hybridized carbons (Fsp3) is 0.350. The molecule has 1 saturated heterocycles. The fourth-order valence-corrected chi connectivity index (χ4v) is 3.84. The van der Waals surface area contributed by atoms with E-state index in [-0.39, 0.29) is 5.91 Å². The first-order chi connectivity index (χ1) is 11.6. The highest BCUT2D eigenvalue weighted by atomic mass is 32.2. The van der Waals surface area contributed by atoms with Crippen LogP contribution in [0, 0.1) is 13.8 Å². The minimum absolute atomic E-state index is 0.0419. The molecule has 0 aromatic heterocycles. The third-order valence-electron chi connectivity index (χ3n) is 4.41. The number of rotatable bonds is 5. The number of thioether (sulfide) groups is 1. The van der Waals surface area contributed by atoms with Gasteiger partial charge in [0.2, 0.25) is 5.91 Å². The van der Waals surface area contributed by atoms with E-state index in [1.165, 1.54) is 24.1 Å². The molecule has 0 atom stereocenters. The van der Waals surface area contributed by atoms with E-state index >= 15 is 0 Å². The molecule has 1 N–H and O–H groups in total. The van der Waals surface area contributed by atoms with Crippen molar-refractivity contribution in [3.05, 3.63) is 53.6 Å². The van der Waals surface area contributed by atoms with Gasteiger partial charge in [0.15, 0.2) is 0 Å². The summed E-state index contributed by atoms with van der Waals surface area (Å²) in [6.45, 7) is 6.40. The highest BCUT2D eigenvalue weighted by molar-refractivity contribution is 8.00. The van der Waals surface area contributed by atoms with Crippen molar-refractivity contribution in [1.82, 2.24) is 0 Å². The Kier molecular flexibility index (Phi) is 5.46. The monoisotopic (exact) mass is 340 g/mol. The van der Waals surface area contributed by atoms with Gasteiger partial charge in [-0.15, -0.1) is 11.8 Å². The second-order valence-electron chi connectivity index (χ2n) is 6.30. The summed E-state index contributed by atoms with van der Waals surface area (Å²) in [5.41, 5.74) is 4.50. The van der Waals surface area contributed by atoms with Crippen molar-refractivity contribution in [3.63, 3.8) is 0 Å². The molecule has 0 saturated carbocycles. The molecule has 1 amide bonds. The van der Waals surface area contributed by atoms with E-state index in [0.29, 0.717) is 5.75 Å². The number of hydrogen-bond acceptors (Lipinski definition) is 3. The lowest BCUT2D eigenvalue weighted by Gasteiger charge is -2.19. The number of benzene rings is 2.